The van der Waals surface area contributed by atoms with Crippen LogP contribution in [-0.4, -0.2) is 52.5 Å². The second-order valence-corrected chi connectivity index (χ2v) is 12.1. The predicted molar refractivity (Wildman–Crippen MR) is 147 cm³/mol. The van der Waals surface area contributed by atoms with E-state index in [1.807, 2.05) is 24.3 Å². The first kappa shape index (κ1) is 27.9. The van der Waals surface area contributed by atoms with E-state index in [2.05, 4.69) is 10.2 Å². The molecule has 2 heterocycles. The molecule has 0 bridgehead atoms. The van der Waals surface area contributed by atoms with E-state index in [4.69, 9.17) is 0 Å². The molecule has 0 aromatic heterocycles. The van der Waals surface area contributed by atoms with Gasteiger partial charge in [-0.25, -0.2) is 13.2 Å². The van der Waals surface area contributed by atoms with Gasteiger partial charge >= 0.3 is 0 Å². The molecule has 1 atom stereocenters. The van der Waals surface area contributed by atoms with Gasteiger partial charge in [0, 0.05) is 43.6 Å². The molecule has 10 heteroatoms. The molecule has 0 saturated carbocycles. The number of benzene rings is 3. The summed E-state index contributed by atoms with van der Waals surface area (Å²) in [7, 11) is 0. The summed E-state index contributed by atoms with van der Waals surface area (Å²) in [6.07, 6.45) is 0.491. The van der Waals surface area contributed by atoms with Crippen LogP contribution < -0.4 is 0 Å². The van der Waals surface area contributed by atoms with Crippen molar-refractivity contribution in [3.05, 3.63) is 100 Å². The summed E-state index contributed by atoms with van der Waals surface area (Å²) in [4.78, 5) is 29.9. The number of carbonyl (C=O) groups is 2. The maximum absolute atomic E-state index is 14.8. The Morgan fingerprint density at radius 3 is 2.40 bits per heavy atom. The predicted octanol–water partition coefficient (Wildman–Crippen LogP) is 6.21. The monoisotopic (exact) mass is 566 g/mol. The summed E-state index contributed by atoms with van der Waals surface area (Å²) >= 11 is 1.02. The Bertz CT molecular complexity index is 1470. The van der Waals surface area contributed by atoms with Gasteiger partial charge in [0.05, 0.1) is 16.9 Å². The largest absolute Gasteiger partial charge is 0.338 e. The number of hydrogen-bond donors (Lipinski definition) is 0. The Morgan fingerprint density at radius 2 is 1.65 bits per heavy atom. The highest BCUT2D eigenvalue weighted by Gasteiger charge is 2.36. The maximum atomic E-state index is 14.8. The Balaban J connectivity index is 1.23. The fourth-order valence-electron chi connectivity index (χ4n) is 5.06. The lowest BCUT2D eigenvalue weighted by Crippen LogP contribution is -2.54. The van der Waals surface area contributed by atoms with Crippen molar-refractivity contribution in [2.75, 3.05) is 26.2 Å². The van der Waals surface area contributed by atoms with Gasteiger partial charge in [0.2, 0.25) is 5.91 Å². The standard InChI is InChI=1S/C30H29F3N4O2S/c1-30(2,40-27-10-8-21(31)17-25(27)33)29(39)37-13-11-36(12-14-37)28(38)23-15-19(7-9-24(23)32)16-26-22-6-4-3-5-20(22)18-34-35-26/h3-10,15,17,26H,11-14,16,18H2,1-2H3. The smallest absolute Gasteiger partial charge is 0.256 e. The molecule has 0 aliphatic carbocycles. The van der Waals surface area contributed by atoms with E-state index in [1.165, 1.54) is 12.1 Å². The fourth-order valence-corrected chi connectivity index (χ4v) is 6.12. The highest BCUT2D eigenvalue weighted by molar-refractivity contribution is 8.01. The minimum atomic E-state index is -1.01. The molecule has 3 aromatic rings. The third-order valence-electron chi connectivity index (χ3n) is 7.19. The van der Waals surface area contributed by atoms with Crippen molar-refractivity contribution in [2.45, 2.75) is 42.5 Å². The number of halogens is 3. The van der Waals surface area contributed by atoms with Gasteiger partial charge in [0.1, 0.15) is 23.5 Å². The topological polar surface area (TPSA) is 65.3 Å². The van der Waals surface area contributed by atoms with Crippen molar-refractivity contribution in [1.29, 1.82) is 0 Å². The van der Waals surface area contributed by atoms with E-state index in [0.717, 1.165) is 40.6 Å². The van der Waals surface area contributed by atoms with Gasteiger partial charge in [-0.15, -0.1) is 11.8 Å². The van der Waals surface area contributed by atoms with Crippen LogP contribution in [0.1, 0.15) is 46.9 Å². The number of azo groups is 1. The number of amides is 2. The van der Waals surface area contributed by atoms with Gasteiger partial charge < -0.3 is 9.80 Å². The number of hydrogen-bond acceptors (Lipinski definition) is 5. The number of thioether (sulfide) groups is 1. The van der Waals surface area contributed by atoms with Crippen LogP contribution in [0.15, 0.2) is 75.8 Å². The number of nitrogens with zero attached hydrogens (tertiary/aromatic N) is 4. The van der Waals surface area contributed by atoms with Crippen molar-refractivity contribution >= 4 is 23.6 Å². The Morgan fingerprint density at radius 1 is 0.925 bits per heavy atom. The van der Waals surface area contributed by atoms with Crippen LogP contribution in [0, 0.1) is 17.5 Å². The molecule has 0 radical (unpaired) electrons. The van der Waals surface area contributed by atoms with E-state index < -0.39 is 28.1 Å². The molecule has 0 N–H and O–H groups in total. The Kier molecular flexibility index (Phi) is 7.98. The summed E-state index contributed by atoms with van der Waals surface area (Å²) in [5.41, 5.74) is 2.96. The van der Waals surface area contributed by atoms with Gasteiger partial charge in [0.25, 0.3) is 5.91 Å². The molecule has 2 amide bonds. The molecule has 5 rings (SSSR count). The lowest BCUT2D eigenvalue weighted by molar-refractivity contribution is -0.134. The molecular formula is C30H29F3N4O2S. The van der Waals surface area contributed by atoms with Crippen molar-refractivity contribution in [3.63, 3.8) is 0 Å². The van der Waals surface area contributed by atoms with Crippen molar-refractivity contribution in [3.8, 4) is 0 Å². The second kappa shape index (κ2) is 11.4. The number of piperazine rings is 1. The van der Waals surface area contributed by atoms with E-state index in [1.54, 1.807) is 35.8 Å². The summed E-state index contributed by atoms with van der Waals surface area (Å²) in [5, 5.41) is 8.61. The highest BCUT2D eigenvalue weighted by atomic mass is 32.2. The Labute approximate surface area is 235 Å². The third-order valence-corrected chi connectivity index (χ3v) is 8.43. The summed E-state index contributed by atoms with van der Waals surface area (Å²) in [5.74, 6) is -2.65. The quantitative estimate of drug-likeness (QED) is 0.334. The summed E-state index contributed by atoms with van der Waals surface area (Å²) in [6, 6.07) is 15.6. The minimum absolute atomic E-state index is 0.0130. The van der Waals surface area contributed by atoms with Crippen LogP contribution in [0.4, 0.5) is 13.2 Å². The molecule has 2 aliphatic heterocycles. The van der Waals surface area contributed by atoms with Crippen LogP contribution in [0.5, 0.6) is 0 Å². The van der Waals surface area contributed by atoms with Gasteiger partial charge in [-0.1, -0.05) is 30.3 Å². The zero-order valence-corrected chi connectivity index (χ0v) is 23.1. The van der Waals surface area contributed by atoms with Crippen molar-refractivity contribution in [1.82, 2.24) is 9.80 Å². The molecule has 40 heavy (non-hydrogen) atoms. The third kappa shape index (κ3) is 5.91. The normalized spacial score (nSPS) is 17.1. The van der Waals surface area contributed by atoms with Crippen LogP contribution in [-0.2, 0) is 17.8 Å². The lowest BCUT2D eigenvalue weighted by atomic mass is 9.93. The van der Waals surface area contributed by atoms with Gasteiger partial charge in [-0.05, 0) is 54.8 Å². The molecule has 1 saturated heterocycles. The van der Waals surface area contributed by atoms with Crippen molar-refractivity contribution in [2.24, 2.45) is 10.2 Å². The zero-order chi connectivity index (χ0) is 28.4. The lowest BCUT2D eigenvalue weighted by Gasteiger charge is -2.38. The van der Waals surface area contributed by atoms with Gasteiger partial charge in [-0.3, -0.25) is 9.59 Å². The number of fused-ring (bicyclic) bond motifs is 1. The second-order valence-electron chi connectivity index (χ2n) is 10.4. The van der Waals surface area contributed by atoms with Crippen LogP contribution in [0.3, 0.4) is 0 Å². The first-order valence-corrected chi connectivity index (χ1v) is 13.9. The molecule has 1 fully saturated rings. The van der Waals surface area contributed by atoms with E-state index in [9.17, 15) is 22.8 Å². The Hall–Kier alpha value is -3.66. The van der Waals surface area contributed by atoms with Crippen LogP contribution in [0.2, 0.25) is 0 Å². The fraction of sp³-hybridized carbons (Fsp3) is 0.333. The van der Waals surface area contributed by atoms with Gasteiger partial charge in [-0.2, -0.15) is 10.2 Å². The average molecular weight is 567 g/mol. The first-order valence-electron chi connectivity index (χ1n) is 13.1. The average Bonchev–Trinajstić information content (AvgIpc) is 2.95. The molecule has 208 valence electrons. The molecule has 3 aromatic carbocycles. The van der Waals surface area contributed by atoms with E-state index in [0.29, 0.717) is 13.0 Å². The highest BCUT2D eigenvalue weighted by Crippen LogP contribution is 2.36. The molecule has 0 spiro atoms. The van der Waals surface area contributed by atoms with Crippen molar-refractivity contribution < 1.29 is 22.8 Å². The van der Waals surface area contributed by atoms with E-state index >= 15 is 0 Å². The maximum Gasteiger partial charge on any atom is 0.256 e. The van der Waals surface area contributed by atoms with Gasteiger partial charge in [0.15, 0.2) is 0 Å². The zero-order valence-electron chi connectivity index (χ0n) is 22.2. The molecular weight excluding hydrogens is 537 g/mol. The minimum Gasteiger partial charge on any atom is -0.338 e. The summed E-state index contributed by atoms with van der Waals surface area (Å²) < 4.78 is 41.2. The SMILES string of the molecule is CC(C)(Sc1ccc(F)cc1F)C(=O)N1CCN(C(=O)c2cc(CC3N=NCc4ccccc43)ccc2F)CC1. The first-order chi connectivity index (χ1) is 19.1. The number of carbonyl (C=O) groups excluding carboxylic acids is 2. The van der Waals surface area contributed by atoms with Crippen LogP contribution >= 0.6 is 11.8 Å². The van der Waals surface area contributed by atoms with E-state index in [-0.39, 0.29) is 48.6 Å². The number of rotatable bonds is 6. The van der Waals surface area contributed by atoms with Crippen LogP contribution in [0.25, 0.3) is 0 Å². The molecule has 1 unspecified atom stereocenters. The summed E-state index contributed by atoms with van der Waals surface area (Å²) in [6.45, 7) is 4.92. The molecule has 2 aliphatic rings. The molecule has 6 nitrogen and oxygen atoms in total.